The number of benzene rings is 1. The number of aromatic nitrogens is 1. The first-order valence-corrected chi connectivity index (χ1v) is 6.22. The lowest BCUT2D eigenvalue weighted by molar-refractivity contribution is -0.116. The Morgan fingerprint density at radius 3 is 2.53 bits per heavy atom. The van der Waals surface area contributed by atoms with Crippen LogP contribution in [-0.4, -0.2) is 10.9 Å². The molecule has 3 nitrogen and oxygen atoms in total. The summed E-state index contributed by atoms with van der Waals surface area (Å²) in [5.41, 5.74) is 1.95. The minimum atomic E-state index is -0.133. The van der Waals surface area contributed by atoms with Crippen LogP contribution in [0.1, 0.15) is 11.1 Å². The number of nitrogens with one attached hydrogen (secondary N) is 1. The van der Waals surface area contributed by atoms with Crippen molar-refractivity contribution in [3.63, 3.8) is 0 Å². The highest BCUT2D eigenvalue weighted by Gasteiger charge is 1.97. The van der Waals surface area contributed by atoms with Gasteiger partial charge in [-0.3, -0.25) is 9.78 Å². The number of pyridine rings is 1. The van der Waals surface area contributed by atoms with Crippen molar-refractivity contribution in [2.75, 3.05) is 0 Å². The fourth-order valence-corrected chi connectivity index (χ4v) is 1.62. The normalized spacial score (nSPS) is 10.6. The lowest BCUT2D eigenvalue weighted by atomic mass is 10.2. The summed E-state index contributed by atoms with van der Waals surface area (Å²) in [5.74, 6) is -0.133. The van der Waals surface area contributed by atoms with E-state index in [0.29, 0.717) is 11.6 Å². The Morgan fingerprint density at radius 2 is 1.84 bits per heavy atom. The molecule has 19 heavy (non-hydrogen) atoms. The highest BCUT2D eigenvalue weighted by Crippen LogP contribution is 2.09. The van der Waals surface area contributed by atoms with E-state index < -0.39 is 0 Å². The molecule has 0 unspecified atom stereocenters. The van der Waals surface area contributed by atoms with Gasteiger partial charge >= 0.3 is 0 Å². The molecule has 0 radical (unpaired) electrons. The van der Waals surface area contributed by atoms with Crippen molar-refractivity contribution >= 4 is 23.6 Å². The van der Waals surface area contributed by atoms with Gasteiger partial charge in [0.25, 0.3) is 0 Å². The molecule has 4 heteroatoms. The Hall–Kier alpha value is -2.13. The highest BCUT2D eigenvalue weighted by molar-refractivity contribution is 6.30. The molecule has 0 saturated heterocycles. The van der Waals surface area contributed by atoms with Crippen LogP contribution >= 0.6 is 11.6 Å². The van der Waals surface area contributed by atoms with E-state index in [1.807, 2.05) is 24.3 Å². The fourth-order valence-electron chi connectivity index (χ4n) is 1.50. The van der Waals surface area contributed by atoms with Crippen LogP contribution in [0.3, 0.4) is 0 Å². The second kappa shape index (κ2) is 6.71. The zero-order valence-electron chi connectivity index (χ0n) is 10.2. The Morgan fingerprint density at radius 1 is 1.16 bits per heavy atom. The molecule has 1 N–H and O–H groups in total. The van der Waals surface area contributed by atoms with E-state index in [4.69, 9.17) is 11.6 Å². The molecule has 0 saturated carbocycles. The zero-order valence-corrected chi connectivity index (χ0v) is 11.0. The number of halogens is 1. The average molecular weight is 273 g/mol. The number of carbonyl (C=O) groups is 1. The summed E-state index contributed by atoms with van der Waals surface area (Å²) >= 11 is 5.79. The van der Waals surface area contributed by atoms with Gasteiger partial charge in [-0.25, -0.2) is 0 Å². The van der Waals surface area contributed by atoms with Crippen molar-refractivity contribution in [1.29, 1.82) is 0 Å². The largest absolute Gasteiger partial charge is 0.348 e. The number of carbonyl (C=O) groups excluding carboxylic acids is 1. The number of amides is 1. The quantitative estimate of drug-likeness (QED) is 0.869. The summed E-state index contributed by atoms with van der Waals surface area (Å²) < 4.78 is 0. The predicted octanol–water partition coefficient (Wildman–Crippen LogP) is 3.06. The molecular formula is C15H13ClN2O. The molecule has 0 spiro atoms. The van der Waals surface area contributed by atoms with Crippen molar-refractivity contribution in [3.05, 3.63) is 71.0 Å². The molecule has 0 fully saturated rings. The van der Waals surface area contributed by atoms with Gasteiger partial charge in [-0.05, 0) is 41.5 Å². The molecular weight excluding hydrogens is 260 g/mol. The smallest absolute Gasteiger partial charge is 0.244 e. The van der Waals surface area contributed by atoms with Gasteiger partial charge in [-0.2, -0.15) is 0 Å². The molecule has 0 aliphatic heterocycles. The minimum Gasteiger partial charge on any atom is -0.348 e. The van der Waals surface area contributed by atoms with Gasteiger partial charge < -0.3 is 5.32 Å². The third-order valence-electron chi connectivity index (χ3n) is 2.51. The van der Waals surface area contributed by atoms with Gasteiger partial charge in [0, 0.05) is 30.0 Å². The maximum absolute atomic E-state index is 11.6. The van der Waals surface area contributed by atoms with Gasteiger partial charge in [0.05, 0.1) is 0 Å². The molecule has 96 valence electrons. The van der Waals surface area contributed by atoms with Crippen molar-refractivity contribution in [2.24, 2.45) is 0 Å². The summed E-state index contributed by atoms with van der Waals surface area (Å²) in [7, 11) is 0. The molecule has 2 aromatic rings. The Bertz CT molecular complexity index is 564. The van der Waals surface area contributed by atoms with Gasteiger partial charge in [-0.15, -0.1) is 0 Å². The van der Waals surface area contributed by atoms with Crippen LogP contribution in [-0.2, 0) is 11.3 Å². The summed E-state index contributed by atoms with van der Waals surface area (Å²) in [4.78, 5) is 15.5. The maximum Gasteiger partial charge on any atom is 0.244 e. The minimum absolute atomic E-state index is 0.133. The molecule has 0 atom stereocenters. The second-order valence-corrected chi connectivity index (χ2v) is 4.39. The highest BCUT2D eigenvalue weighted by atomic mass is 35.5. The Balaban J connectivity index is 1.85. The monoisotopic (exact) mass is 272 g/mol. The fraction of sp³-hybridized carbons (Fsp3) is 0.0667. The third-order valence-corrected chi connectivity index (χ3v) is 2.77. The SMILES string of the molecule is O=C(/C=C/c1ccncc1)NCc1ccc(Cl)cc1. The van der Waals surface area contributed by atoms with E-state index in [-0.39, 0.29) is 5.91 Å². The molecule has 0 aliphatic rings. The van der Waals surface area contributed by atoms with Crippen LogP contribution in [0.5, 0.6) is 0 Å². The lowest BCUT2D eigenvalue weighted by Gasteiger charge is -2.02. The molecule has 1 amide bonds. The number of hydrogen-bond acceptors (Lipinski definition) is 2. The van der Waals surface area contributed by atoms with E-state index in [0.717, 1.165) is 11.1 Å². The van der Waals surface area contributed by atoms with Crippen LogP contribution < -0.4 is 5.32 Å². The van der Waals surface area contributed by atoms with Crippen LogP contribution in [0.4, 0.5) is 0 Å². The molecule has 1 aromatic heterocycles. The van der Waals surface area contributed by atoms with E-state index in [9.17, 15) is 4.79 Å². The lowest BCUT2D eigenvalue weighted by Crippen LogP contribution is -2.20. The molecule has 2 rings (SSSR count). The van der Waals surface area contributed by atoms with Gasteiger partial charge in [0.2, 0.25) is 5.91 Å². The van der Waals surface area contributed by atoms with E-state index in [1.165, 1.54) is 6.08 Å². The molecule has 1 aromatic carbocycles. The summed E-state index contributed by atoms with van der Waals surface area (Å²) in [5, 5.41) is 3.49. The van der Waals surface area contributed by atoms with E-state index >= 15 is 0 Å². The molecule has 0 aliphatic carbocycles. The van der Waals surface area contributed by atoms with Crippen molar-refractivity contribution in [2.45, 2.75) is 6.54 Å². The first-order chi connectivity index (χ1) is 9.24. The predicted molar refractivity (Wildman–Crippen MR) is 76.6 cm³/mol. The molecule has 0 bridgehead atoms. The maximum atomic E-state index is 11.6. The van der Waals surface area contributed by atoms with Crippen molar-refractivity contribution in [1.82, 2.24) is 10.3 Å². The second-order valence-electron chi connectivity index (χ2n) is 3.96. The van der Waals surface area contributed by atoms with Crippen molar-refractivity contribution < 1.29 is 4.79 Å². The van der Waals surface area contributed by atoms with E-state index in [1.54, 1.807) is 30.6 Å². The number of hydrogen-bond donors (Lipinski definition) is 1. The van der Waals surface area contributed by atoms with Crippen LogP contribution in [0, 0.1) is 0 Å². The first kappa shape index (κ1) is 13.3. The average Bonchev–Trinajstić information content (AvgIpc) is 2.45. The third kappa shape index (κ3) is 4.56. The van der Waals surface area contributed by atoms with Crippen LogP contribution in [0.2, 0.25) is 5.02 Å². The number of rotatable bonds is 4. The van der Waals surface area contributed by atoms with Crippen LogP contribution in [0.25, 0.3) is 6.08 Å². The van der Waals surface area contributed by atoms with E-state index in [2.05, 4.69) is 10.3 Å². The first-order valence-electron chi connectivity index (χ1n) is 5.84. The summed E-state index contributed by atoms with van der Waals surface area (Å²) in [6.45, 7) is 0.483. The van der Waals surface area contributed by atoms with Gasteiger partial charge in [0.1, 0.15) is 0 Å². The molecule has 1 heterocycles. The summed E-state index contributed by atoms with van der Waals surface area (Å²) in [6, 6.07) is 11.0. The van der Waals surface area contributed by atoms with Crippen molar-refractivity contribution in [3.8, 4) is 0 Å². The standard InChI is InChI=1S/C15H13ClN2O/c16-14-4-1-13(2-5-14)11-18-15(19)6-3-12-7-9-17-10-8-12/h1-10H,11H2,(H,18,19)/b6-3+. The summed E-state index contributed by atoms with van der Waals surface area (Å²) in [6.07, 6.45) is 6.63. The Labute approximate surface area is 116 Å². The zero-order chi connectivity index (χ0) is 13.5. The number of nitrogens with zero attached hydrogens (tertiary/aromatic N) is 1. The Kier molecular flexibility index (Phi) is 4.70. The topological polar surface area (TPSA) is 42.0 Å². The van der Waals surface area contributed by atoms with Crippen LogP contribution in [0.15, 0.2) is 54.9 Å². The van der Waals surface area contributed by atoms with Gasteiger partial charge in [-0.1, -0.05) is 23.7 Å². The van der Waals surface area contributed by atoms with Gasteiger partial charge in [0.15, 0.2) is 0 Å².